The molecular formula is C15H19ClO2S. The Kier molecular flexibility index (Phi) is 7.68. The van der Waals surface area contributed by atoms with E-state index in [-0.39, 0.29) is 5.03 Å². The van der Waals surface area contributed by atoms with Crippen LogP contribution in [0.25, 0.3) is 0 Å². The van der Waals surface area contributed by atoms with E-state index in [0.29, 0.717) is 6.61 Å². The second-order valence-electron chi connectivity index (χ2n) is 3.98. The molecule has 1 aromatic rings. The van der Waals surface area contributed by atoms with Crippen molar-refractivity contribution >= 4 is 29.3 Å². The summed E-state index contributed by atoms with van der Waals surface area (Å²) in [5.74, 6) is -0.432. The van der Waals surface area contributed by atoms with Gasteiger partial charge in [0.15, 0.2) is 0 Å². The summed E-state index contributed by atoms with van der Waals surface area (Å²) in [5, 5.41) is 0.212. The van der Waals surface area contributed by atoms with Gasteiger partial charge in [0, 0.05) is 9.80 Å². The van der Waals surface area contributed by atoms with Crippen LogP contribution in [-0.2, 0) is 9.53 Å². The summed E-state index contributed by atoms with van der Waals surface area (Å²) in [5.41, 5.74) is 0. The molecule has 0 atom stereocenters. The largest absolute Gasteiger partial charge is 0.462 e. The number of esters is 1. The predicted molar refractivity (Wildman–Crippen MR) is 81.3 cm³/mol. The number of hydrogen-bond acceptors (Lipinski definition) is 3. The smallest absolute Gasteiger partial charge is 0.350 e. The molecule has 0 aliphatic heterocycles. The number of ether oxygens (including phenoxy) is 1. The van der Waals surface area contributed by atoms with E-state index in [4.69, 9.17) is 16.3 Å². The molecule has 0 saturated carbocycles. The van der Waals surface area contributed by atoms with Gasteiger partial charge in [-0.05, 0) is 31.9 Å². The van der Waals surface area contributed by atoms with Gasteiger partial charge in [-0.2, -0.15) is 0 Å². The van der Waals surface area contributed by atoms with Gasteiger partial charge >= 0.3 is 5.97 Å². The molecule has 1 rings (SSSR count). The number of unbranched alkanes of at least 4 members (excludes halogenated alkanes) is 1. The van der Waals surface area contributed by atoms with Crippen molar-refractivity contribution in [2.75, 3.05) is 6.61 Å². The third kappa shape index (κ3) is 5.70. The standard InChI is InChI=1S/C15H19ClO2S/c1-3-5-11-13(14(16)15(17)18-4-2)19-12-9-7-6-8-10-12/h6-10H,3-5,11H2,1-2H3/b14-13+. The number of thioether (sulfide) groups is 1. The van der Waals surface area contributed by atoms with Crippen molar-refractivity contribution in [2.24, 2.45) is 0 Å². The van der Waals surface area contributed by atoms with Gasteiger partial charge in [0.05, 0.1) is 6.61 Å². The van der Waals surface area contributed by atoms with Gasteiger partial charge in [-0.3, -0.25) is 0 Å². The van der Waals surface area contributed by atoms with Gasteiger partial charge in [-0.25, -0.2) is 4.79 Å². The number of benzene rings is 1. The van der Waals surface area contributed by atoms with Crippen molar-refractivity contribution in [3.63, 3.8) is 0 Å². The molecule has 0 aromatic heterocycles. The van der Waals surface area contributed by atoms with Crippen molar-refractivity contribution in [3.8, 4) is 0 Å². The van der Waals surface area contributed by atoms with E-state index in [9.17, 15) is 4.79 Å². The fraction of sp³-hybridized carbons (Fsp3) is 0.400. The second-order valence-corrected chi connectivity index (χ2v) is 5.52. The van der Waals surface area contributed by atoms with E-state index < -0.39 is 5.97 Å². The zero-order chi connectivity index (χ0) is 14.1. The molecule has 0 aliphatic carbocycles. The number of rotatable bonds is 7. The Morgan fingerprint density at radius 1 is 1.26 bits per heavy atom. The monoisotopic (exact) mass is 298 g/mol. The number of carbonyl (C=O) groups excluding carboxylic acids is 1. The lowest BCUT2D eigenvalue weighted by atomic mass is 10.2. The first-order valence-corrected chi connectivity index (χ1v) is 7.67. The van der Waals surface area contributed by atoms with Gasteiger partial charge in [0.1, 0.15) is 5.03 Å². The molecule has 104 valence electrons. The molecular weight excluding hydrogens is 280 g/mol. The molecule has 0 spiro atoms. The molecule has 4 heteroatoms. The third-order valence-electron chi connectivity index (χ3n) is 2.44. The van der Waals surface area contributed by atoms with Crippen LogP contribution in [0.3, 0.4) is 0 Å². The molecule has 0 N–H and O–H groups in total. The minimum absolute atomic E-state index is 0.212. The van der Waals surface area contributed by atoms with Crippen LogP contribution >= 0.6 is 23.4 Å². The highest BCUT2D eigenvalue weighted by atomic mass is 35.5. The summed E-state index contributed by atoms with van der Waals surface area (Å²) >= 11 is 7.68. The Morgan fingerprint density at radius 2 is 1.95 bits per heavy atom. The normalized spacial score (nSPS) is 11.9. The zero-order valence-electron chi connectivity index (χ0n) is 11.3. The van der Waals surface area contributed by atoms with Crippen molar-refractivity contribution in [1.29, 1.82) is 0 Å². The van der Waals surface area contributed by atoms with E-state index >= 15 is 0 Å². The molecule has 0 unspecified atom stereocenters. The number of carbonyl (C=O) groups is 1. The van der Waals surface area contributed by atoms with Crippen LogP contribution in [0.4, 0.5) is 0 Å². The highest BCUT2D eigenvalue weighted by Gasteiger charge is 2.15. The zero-order valence-corrected chi connectivity index (χ0v) is 12.9. The van der Waals surface area contributed by atoms with Crippen LogP contribution in [-0.4, -0.2) is 12.6 Å². The SMILES string of the molecule is CCCC/C(Sc1ccccc1)=C(\Cl)C(=O)OCC. The van der Waals surface area contributed by atoms with Crippen molar-refractivity contribution in [3.05, 3.63) is 40.3 Å². The molecule has 0 heterocycles. The first-order chi connectivity index (χ1) is 9.19. The third-order valence-corrected chi connectivity index (χ3v) is 4.10. The quantitative estimate of drug-likeness (QED) is 0.403. The molecule has 0 bridgehead atoms. The maximum atomic E-state index is 11.7. The second kappa shape index (κ2) is 9.05. The van der Waals surface area contributed by atoms with Gasteiger partial charge in [-0.1, -0.05) is 54.9 Å². The minimum atomic E-state index is -0.432. The molecule has 0 fully saturated rings. The van der Waals surface area contributed by atoms with Crippen molar-refractivity contribution in [2.45, 2.75) is 38.0 Å². The number of allylic oxidation sites excluding steroid dienone is 1. The van der Waals surface area contributed by atoms with E-state index in [1.807, 2.05) is 30.3 Å². The Bertz CT molecular complexity index is 429. The average Bonchev–Trinajstić information content (AvgIpc) is 2.44. The van der Waals surface area contributed by atoms with Gasteiger partial charge in [0.25, 0.3) is 0 Å². The minimum Gasteiger partial charge on any atom is -0.462 e. The van der Waals surface area contributed by atoms with Gasteiger partial charge in [0.2, 0.25) is 0 Å². The number of hydrogen-bond donors (Lipinski definition) is 0. The maximum absolute atomic E-state index is 11.7. The summed E-state index contributed by atoms with van der Waals surface area (Å²) < 4.78 is 4.96. The van der Waals surface area contributed by atoms with Gasteiger partial charge in [-0.15, -0.1) is 0 Å². The first kappa shape index (κ1) is 16.1. The van der Waals surface area contributed by atoms with E-state index in [1.165, 1.54) is 11.8 Å². The Hall–Kier alpha value is -0.930. The Balaban J connectivity index is 2.87. The fourth-order valence-corrected chi connectivity index (χ4v) is 2.74. The molecule has 0 radical (unpaired) electrons. The summed E-state index contributed by atoms with van der Waals surface area (Å²) in [6, 6.07) is 9.92. The molecule has 0 saturated heterocycles. The highest BCUT2D eigenvalue weighted by Crippen LogP contribution is 2.34. The van der Waals surface area contributed by atoms with Crippen molar-refractivity contribution in [1.82, 2.24) is 0 Å². The lowest BCUT2D eigenvalue weighted by Gasteiger charge is -2.09. The summed E-state index contributed by atoms with van der Waals surface area (Å²) in [4.78, 5) is 13.7. The number of halogens is 1. The van der Waals surface area contributed by atoms with Crippen LogP contribution < -0.4 is 0 Å². The average molecular weight is 299 g/mol. The lowest BCUT2D eigenvalue weighted by molar-refractivity contribution is -0.137. The van der Waals surface area contributed by atoms with Crippen LogP contribution in [0.15, 0.2) is 45.2 Å². The molecule has 0 aliphatic rings. The summed E-state index contributed by atoms with van der Waals surface area (Å²) in [6.07, 6.45) is 2.87. The van der Waals surface area contributed by atoms with Crippen LogP contribution in [0.2, 0.25) is 0 Å². The van der Waals surface area contributed by atoms with E-state index in [2.05, 4.69) is 6.92 Å². The molecule has 2 nitrogen and oxygen atoms in total. The van der Waals surface area contributed by atoms with Gasteiger partial charge < -0.3 is 4.74 Å². The fourth-order valence-electron chi connectivity index (χ4n) is 1.48. The van der Waals surface area contributed by atoms with Crippen LogP contribution in [0.1, 0.15) is 33.1 Å². The van der Waals surface area contributed by atoms with E-state index in [1.54, 1.807) is 6.92 Å². The first-order valence-electron chi connectivity index (χ1n) is 6.47. The van der Waals surface area contributed by atoms with E-state index in [0.717, 1.165) is 29.1 Å². The van der Waals surface area contributed by atoms with Crippen LogP contribution in [0, 0.1) is 0 Å². The van der Waals surface area contributed by atoms with Crippen molar-refractivity contribution < 1.29 is 9.53 Å². The Labute approximate surface area is 124 Å². The Morgan fingerprint density at radius 3 is 2.53 bits per heavy atom. The summed E-state index contributed by atoms with van der Waals surface area (Å²) in [7, 11) is 0. The molecule has 1 aromatic carbocycles. The predicted octanol–water partition coefficient (Wildman–Crippen LogP) is 4.98. The lowest BCUT2D eigenvalue weighted by Crippen LogP contribution is -2.05. The molecule has 19 heavy (non-hydrogen) atoms. The van der Waals surface area contributed by atoms with Crippen LogP contribution in [0.5, 0.6) is 0 Å². The molecule has 0 amide bonds. The maximum Gasteiger partial charge on any atom is 0.350 e. The summed E-state index contributed by atoms with van der Waals surface area (Å²) in [6.45, 7) is 4.23. The highest BCUT2D eigenvalue weighted by molar-refractivity contribution is 8.03. The topological polar surface area (TPSA) is 26.3 Å².